The summed E-state index contributed by atoms with van der Waals surface area (Å²) in [5, 5.41) is 11.7. The highest BCUT2D eigenvalue weighted by molar-refractivity contribution is 8.00. The molecule has 6 nitrogen and oxygen atoms in total. The van der Waals surface area contributed by atoms with Gasteiger partial charge in [0, 0.05) is 10.9 Å². The van der Waals surface area contributed by atoms with Crippen molar-refractivity contribution in [2.45, 2.75) is 42.8 Å². The van der Waals surface area contributed by atoms with Crippen LogP contribution in [0.25, 0.3) is 0 Å². The Kier molecular flexibility index (Phi) is 4.16. The van der Waals surface area contributed by atoms with E-state index >= 15 is 0 Å². The first-order chi connectivity index (χ1) is 10.1. The highest BCUT2D eigenvalue weighted by Gasteiger charge is 2.30. The van der Waals surface area contributed by atoms with Crippen LogP contribution in [0.4, 0.5) is 0 Å². The number of aromatic amines is 1. The number of nitrogens with zero attached hydrogens (tertiary/aromatic N) is 2. The number of amides is 1. The highest BCUT2D eigenvalue weighted by Crippen LogP contribution is 2.36. The quantitative estimate of drug-likeness (QED) is 0.794. The molecule has 112 valence electrons. The molecule has 0 spiro atoms. The van der Waals surface area contributed by atoms with Crippen LogP contribution in [0.2, 0.25) is 0 Å². The third kappa shape index (κ3) is 3.38. The predicted molar refractivity (Wildman–Crippen MR) is 82.6 cm³/mol. The molecule has 1 atom stereocenters. The smallest absolute Gasteiger partial charge is 0.344 e. The van der Waals surface area contributed by atoms with Gasteiger partial charge in [-0.25, -0.2) is 9.89 Å². The van der Waals surface area contributed by atoms with Crippen LogP contribution in [0, 0.1) is 0 Å². The number of thiophene rings is 1. The fourth-order valence-electron chi connectivity index (χ4n) is 1.97. The first kappa shape index (κ1) is 14.4. The molecule has 0 radical (unpaired) electrons. The van der Waals surface area contributed by atoms with Gasteiger partial charge < -0.3 is 5.32 Å². The van der Waals surface area contributed by atoms with Crippen LogP contribution < -0.4 is 11.0 Å². The van der Waals surface area contributed by atoms with Crippen molar-refractivity contribution in [2.24, 2.45) is 0 Å². The van der Waals surface area contributed by atoms with E-state index in [9.17, 15) is 9.59 Å². The van der Waals surface area contributed by atoms with E-state index < -0.39 is 0 Å². The molecule has 1 saturated carbocycles. The van der Waals surface area contributed by atoms with Gasteiger partial charge in [-0.1, -0.05) is 17.8 Å². The van der Waals surface area contributed by atoms with E-state index in [1.54, 1.807) is 15.9 Å². The standard InChI is InChI=1S/C13H16N4O2S2/c1-8(11(18)14-7-10-3-2-6-20-10)21-13-16-15-12(19)17(13)9-4-5-9/h2-3,6,8-9H,4-5,7H2,1H3,(H,14,18)(H,15,19)/t8-/m1/s1. The van der Waals surface area contributed by atoms with E-state index in [1.807, 2.05) is 24.4 Å². The molecule has 0 bridgehead atoms. The Morgan fingerprint density at radius 1 is 1.67 bits per heavy atom. The molecule has 2 heterocycles. The normalized spacial score (nSPS) is 15.9. The van der Waals surface area contributed by atoms with Gasteiger partial charge in [0.1, 0.15) is 0 Å². The molecule has 0 aromatic carbocycles. The molecule has 2 aromatic rings. The lowest BCUT2D eigenvalue weighted by Gasteiger charge is -2.11. The van der Waals surface area contributed by atoms with E-state index in [0.717, 1.165) is 17.7 Å². The summed E-state index contributed by atoms with van der Waals surface area (Å²) in [6.45, 7) is 2.36. The Balaban J connectivity index is 1.59. The SMILES string of the molecule is C[C@@H](Sc1n[nH]c(=O)n1C1CC1)C(=O)NCc1cccs1. The highest BCUT2D eigenvalue weighted by atomic mass is 32.2. The zero-order chi connectivity index (χ0) is 14.8. The van der Waals surface area contributed by atoms with Crippen LogP contribution in [-0.2, 0) is 11.3 Å². The molecule has 8 heteroatoms. The van der Waals surface area contributed by atoms with Crippen molar-refractivity contribution in [3.63, 3.8) is 0 Å². The molecular formula is C13H16N4O2S2. The van der Waals surface area contributed by atoms with Gasteiger partial charge in [-0.2, -0.15) is 0 Å². The summed E-state index contributed by atoms with van der Waals surface area (Å²) < 4.78 is 1.66. The van der Waals surface area contributed by atoms with Crippen molar-refractivity contribution in [1.82, 2.24) is 20.1 Å². The molecule has 1 aliphatic carbocycles. The molecule has 2 N–H and O–H groups in total. The topological polar surface area (TPSA) is 79.8 Å². The summed E-state index contributed by atoms with van der Waals surface area (Å²) in [6.07, 6.45) is 2.01. The van der Waals surface area contributed by atoms with Crippen LogP contribution in [0.1, 0.15) is 30.7 Å². The summed E-state index contributed by atoms with van der Waals surface area (Å²) in [6, 6.07) is 4.20. The van der Waals surface area contributed by atoms with E-state index in [2.05, 4.69) is 15.5 Å². The van der Waals surface area contributed by atoms with Gasteiger partial charge in [0.25, 0.3) is 0 Å². The number of nitrogens with one attached hydrogen (secondary N) is 2. The number of hydrogen-bond donors (Lipinski definition) is 2. The average molecular weight is 324 g/mol. The molecule has 2 aromatic heterocycles. The summed E-state index contributed by atoms with van der Waals surface area (Å²) in [5.74, 6) is -0.0498. The van der Waals surface area contributed by atoms with Crippen molar-refractivity contribution >= 4 is 29.0 Å². The van der Waals surface area contributed by atoms with Gasteiger partial charge >= 0.3 is 5.69 Å². The van der Waals surface area contributed by atoms with Crippen molar-refractivity contribution < 1.29 is 4.79 Å². The monoisotopic (exact) mass is 324 g/mol. The maximum atomic E-state index is 12.1. The first-order valence-electron chi connectivity index (χ1n) is 6.79. The molecule has 0 aliphatic heterocycles. The Hall–Kier alpha value is -1.54. The minimum absolute atomic E-state index is 0.0498. The Morgan fingerprint density at radius 2 is 2.48 bits per heavy atom. The molecule has 0 saturated heterocycles. The first-order valence-corrected chi connectivity index (χ1v) is 8.54. The minimum atomic E-state index is -0.294. The van der Waals surface area contributed by atoms with Crippen molar-refractivity contribution in [1.29, 1.82) is 0 Å². The molecule has 1 fully saturated rings. The fraction of sp³-hybridized carbons (Fsp3) is 0.462. The van der Waals surface area contributed by atoms with Crippen LogP contribution in [0.5, 0.6) is 0 Å². The van der Waals surface area contributed by atoms with Gasteiger partial charge in [-0.3, -0.25) is 9.36 Å². The minimum Gasteiger partial charge on any atom is -0.350 e. The van der Waals surface area contributed by atoms with E-state index in [4.69, 9.17) is 0 Å². The van der Waals surface area contributed by atoms with Gasteiger partial charge in [-0.15, -0.1) is 16.4 Å². The summed E-state index contributed by atoms with van der Waals surface area (Å²) in [4.78, 5) is 24.9. The van der Waals surface area contributed by atoms with Crippen LogP contribution in [0.3, 0.4) is 0 Å². The molecule has 1 amide bonds. The van der Waals surface area contributed by atoms with Gasteiger partial charge in [0.15, 0.2) is 5.16 Å². The van der Waals surface area contributed by atoms with Crippen LogP contribution in [-0.4, -0.2) is 25.9 Å². The summed E-state index contributed by atoms with van der Waals surface area (Å²) in [7, 11) is 0. The molecular weight excluding hydrogens is 308 g/mol. The average Bonchev–Trinajstić information content (AvgIpc) is 3.03. The zero-order valence-electron chi connectivity index (χ0n) is 11.5. The summed E-state index contributed by atoms with van der Waals surface area (Å²) in [5.41, 5.74) is -0.189. The zero-order valence-corrected chi connectivity index (χ0v) is 13.2. The van der Waals surface area contributed by atoms with Gasteiger partial charge in [0.2, 0.25) is 5.91 Å². The molecule has 21 heavy (non-hydrogen) atoms. The maximum Gasteiger partial charge on any atom is 0.344 e. The Labute approximate surface area is 130 Å². The number of carbonyl (C=O) groups is 1. The predicted octanol–water partition coefficient (Wildman–Crippen LogP) is 1.76. The van der Waals surface area contributed by atoms with Gasteiger partial charge in [-0.05, 0) is 31.2 Å². The molecule has 3 rings (SSSR count). The fourth-order valence-corrected chi connectivity index (χ4v) is 3.57. The second-order valence-corrected chi connectivity index (χ2v) is 7.31. The van der Waals surface area contributed by atoms with E-state index in [1.165, 1.54) is 11.8 Å². The second-order valence-electron chi connectivity index (χ2n) is 4.97. The van der Waals surface area contributed by atoms with E-state index in [0.29, 0.717) is 11.7 Å². The molecule has 0 unspecified atom stereocenters. The largest absolute Gasteiger partial charge is 0.350 e. The van der Waals surface area contributed by atoms with Gasteiger partial charge in [0.05, 0.1) is 11.8 Å². The van der Waals surface area contributed by atoms with Crippen LogP contribution in [0.15, 0.2) is 27.5 Å². The maximum absolute atomic E-state index is 12.1. The third-order valence-corrected chi connectivity index (χ3v) is 5.20. The Bertz CT molecular complexity index is 673. The van der Waals surface area contributed by atoms with E-state index in [-0.39, 0.29) is 22.9 Å². The number of thioether (sulfide) groups is 1. The van der Waals surface area contributed by atoms with Crippen LogP contribution >= 0.6 is 23.1 Å². The summed E-state index contributed by atoms with van der Waals surface area (Å²) >= 11 is 2.93. The third-order valence-electron chi connectivity index (χ3n) is 3.25. The van der Waals surface area contributed by atoms with Crippen molar-refractivity contribution in [2.75, 3.05) is 0 Å². The lowest BCUT2D eigenvalue weighted by molar-refractivity contribution is -0.120. The lowest BCUT2D eigenvalue weighted by Crippen LogP contribution is -2.30. The number of hydrogen-bond acceptors (Lipinski definition) is 5. The number of carbonyl (C=O) groups excluding carboxylic acids is 1. The second kappa shape index (κ2) is 6.07. The van der Waals surface area contributed by atoms with Crippen molar-refractivity contribution in [3.05, 3.63) is 32.9 Å². The number of aromatic nitrogens is 3. The number of H-pyrrole nitrogens is 1. The Morgan fingerprint density at radius 3 is 3.14 bits per heavy atom. The van der Waals surface area contributed by atoms with Crippen molar-refractivity contribution in [3.8, 4) is 0 Å². The molecule has 1 aliphatic rings. The lowest BCUT2D eigenvalue weighted by atomic mass is 10.4. The number of rotatable bonds is 6.